The molecule has 1 aromatic heterocycles. The summed E-state index contributed by atoms with van der Waals surface area (Å²) in [6.07, 6.45) is 0. The Morgan fingerprint density at radius 3 is 2.37 bits per heavy atom. The topological polar surface area (TPSA) is 50.5 Å². The fourth-order valence-corrected chi connectivity index (χ4v) is 4.00. The van der Waals surface area contributed by atoms with Crippen molar-refractivity contribution in [1.82, 2.24) is 0 Å². The molecule has 0 aliphatic carbocycles. The summed E-state index contributed by atoms with van der Waals surface area (Å²) >= 11 is 6.15. The van der Waals surface area contributed by atoms with Gasteiger partial charge in [0.05, 0.1) is 17.0 Å². The number of anilines is 1. The molecule has 148 valence electrons. The van der Waals surface area contributed by atoms with Crippen LogP contribution in [0, 0.1) is 11.6 Å². The molecule has 0 fully saturated rings. The molecule has 7 heteroatoms. The molecule has 30 heavy (non-hydrogen) atoms. The first-order chi connectivity index (χ1) is 14.4. The summed E-state index contributed by atoms with van der Waals surface area (Å²) in [6.45, 7) is 0. The number of fused-ring (bicyclic) bond motifs is 2. The number of nitrogens with zero attached hydrogens (tertiary/aromatic N) is 1. The predicted molar refractivity (Wildman–Crippen MR) is 109 cm³/mol. The van der Waals surface area contributed by atoms with E-state index in [1.54, 1.807) is 24.3 Å². The van der Waals surface area contributed by atoms with Crippen LogP contribution in [0.5, 0.6) is 0 Å². The molecule has 1 aliphatic heterocycles. The minimum atomic E-state index is -0.861. The van der Waals surface area contributed by atoms with Crippen molar-refractivity contribution in [3.63, 3.8) is 0 Å². The Hall–Kier alpha value is -3.51. The second-order valence-corrected chi connectivity index (χ2v) is 7.36. The fourth-order valence-electron chi connectivity index (χ4n) is 3.81. The van der Waals surface area contributed by atoms with Crippen LogP contribution in [-0.4, -0.2) is 5.91 Å². The molecule has 0 radical (unpaired) electrons. The molecule has 2 heterocycles. The second-order valence-electron chi connectivity index (χ2n) is 6.92. The van der Waals surface area contributed by atoms with Crippen molar-refractivity contribution in [2.75, 3.05) is 4.90 Å². The quantitative estimate of drug-likeness (QED) is 0.429. The summed E-state index contributed by atoms with van der Waals surface area (Å²) in [7, 11) is 0. The molecule has 1 atom stereocenters. The largest absolute Gasteiger partial charge is 0.450 e. The van der Waals surface area contributed by atoms with Crippen molar-refractivity contribution in [2.24, 2.45) is 0 Å². The van der Waals surface area contributed by atoms with E-state index < -0.39 is 29.0 Å². The van der Waals surface area contributed by atoms with Crippen molar-refractivity contribution in [1.29, 1.82) is 0 Å². The van der Waals surface area contributed by atoms with Gasteiger partial charge in [0.25, 0.3) is 5.91 Å². The van der Waals surface area contributed by atoms with Gasteiger partial charge in [-0.25, -0.2) is 8.78 Å². The molecular formula is C23H12ClF2NO3. The summed E-state index contributed by atoms with van der Waals surface area (Å²) in [5.74, 6) is -1.73. The van der Waals surface area contributed by atoms with Gasteiger partial charge in [0.15, 0.2) is 5.43 Å². The maximum atomic E-state index is 13.8. The predicted octanol–water partition coefficient (Wildman–Crippen LogP) is 5.47. The van der Waals surface area contributed by atoms with Crippen molar-refractivity contribution in [2.45, 2.75) is 6.04 Å². The zero-order valence-corrected chi connectivity index (χ0v) is 16.0. The van der Waals surface area contributed by atoms with E-state index in [-0.39, 0.29) is 22.3 Å². The summed E-state index contributed by atoms with van der Waals surface area (Å²) in [5, 5.41) is 0.457. The van der Waals surface area contributed by atoms with Gasteiger partial charge in [-0.05, 0) is 60.2 Å². The lowest BCUT2D eigenvalue weighted by Gasteiger charge is -2.25. The molecule has 4 nitrogen and oxygen atoms in total. The molecule has 1 unspecified atom stereocenters. The van der Waals surface area contributed by atoms with E-state index in [1.165, 1.54) is 35.2 Å². The minimum absolute atomic E-state index is 0.0366. The highest BCUT2D eigenvalue weighted by atomic mass is 35.5. The molecule has 5 rings (SSSR count). The van der Waals surface area contributed by atoms with Crippen molar-refractivity contribution < 1.29 is 18.0 Å². The third-order valence-corrected chi connectivity index (χ3v) is 5.34. The van der Waals surface area contributed by atoms with Crippen molar-refractivity contribution in [3.8, 4) is 0 Å². The lowest BCUT2D eigenvalue weighted by Crippen LogP contribution is -2.29. The Morgan fingerprint density at radius 2 is 1.63 bits per heavy atom. The fraction of sp³-hybridized carbons (Fsp3) is 0.0435. The first-order valence-corrected chi connectivity index (χ1v) is 9.42. The van der Waals surface area contributed by atoms with Gasteiger partial charge in [0.2, 0.25) is 5.76 Å². The molecule has 1 aliphatic rings. The first kappa shape index (κ1) is 18.5. The molecule has 0 saturated carbocycles. The van der Waals surface area contributed by atoms with Crippen LogP contribution >= 0.6 is 11.6 Å². The van der Waals surface area contributed by atoms with E-state index in [2.05, 4.69) is 0 Å². The van der Waals surface area contributed by atoms with Gasteiger partial charge >= 0.3 is 0 Å². The van der Waals surface area contributed by atoms with Crippen molar-refractivity contribution in [3.05, 3.63) is 110 Å². The van der Waals surface area contributed by atoms with Gasteiger partial charge in [-0.1, -0.05) is 23.7 Å². The van der Waals surface area contributed by atoms with Crippen LogP contribution in [0.3, 0.4) is 0 Å². The van der Waals surface area contributed by atoms with E-state index in [4.69, 9.17) is 16.0 Å². The molecule has 0 saturated heterocycles. The number of halogens is 3. The highest BCUT2D eigenvalue weighted by Gasteiger charge is 2.43. The van der Waals surface area contributed by atoms with Crippen molar-refractivity contribution >= 4 is 34.2 Å². The number of amides is 1. The summed E-state index contributed by atoms with van der Waals surface area (Å²) in [6, 6.07) is 14.8. The lowest BCUT2D eigenvalue weighted by atomic mass is 9.98. The summed E-state index contributed by atoms with van der Waals surface area (Å²) < 4.78 is 33.0. The number of hydrogen-bond donors (Lipinski definition) is 0. The maximum Gasteiger partial charge on any atom is 0.295 e. The molecular weight excluding hydrogens is 412 g/mol. The van der Waals surface area contributed by atoms with Crippen LogP contribution in [0.1, 0.15) is 27.7 Å². The normalized spacial score (nSPS) is 15.6. The van der Waals surface area contributed by atoms with Crippen LogP contribution in [0.15, 0.2) is 75.9 Å². The molecule has 0 N–H and O–H groups in total. The Kier molecular flexibility index (Phi) is 4.18. The Balaban J connectivity index is 1.83. The van der Waals surface area contributed by atoms with Crippen LogP contribution < -0.4 is 10.3 Å². The summed E-state index contributed by atoms with van der Waals surface area (Å²) in [4.78, 5) is 28.0. The summed E-state index contributed by atoms with van der Waals surface area (Å²) in [5.41, 5.74) is 0.645. The van der Waals surface area contributed by atoms with E-state index in [0.717, 1.165) is 12.1 Å². The highest BCUT2D eigenvalue weighted by molar-refractivity contribution is 6.30. The maximum absolute atomic E-state index is 13.8. The Morgan fingerprint density at radius 1 is 0.900 bits per heavy atom. The van der Waals surface area contributed by atoms with Gasteiger partial charge in [0.1, 0.15) is 17.2 Å². The van der Waals surface area contributed by atoms with E-state index >= 15 is 0 Å². The standard InChI is InChI=1S/C23H12ClF2NO3/c24-13-3-1-2-12(10-13)20-19-21(28)17-11-15(26)6-9-18(17)30-22(19)23(29)27(20)16-7-4-14(25)5-8-16/h1-11,20H. The average molecular weight is 424 g/mol. The molecule has 0 spiro atoms. The average Bonchev–Trinajstić information content (AvgIpc) is 3.02. The van der Waals surface area contributed by atoms with Gasteiger partial charge in [-0.2, -0.15) is 0 Å². The minimum Gasteiger partial charge on any atom is -0.450 e. The monoisotopic (exact) mass is 423 g/mol. The number of carbonyl (C=O) groups excluding carboxylic acids is 1. The zero-order valence-electron chi connectivity index (χ0n) is 15.2. The van der Waals surface area contributed by atoms with Gasteiger partial charge in [0, 0.05) is 10.7 Å². The van der Waals surface area contributed by atoms with Crippen LogP contribution in [0.4, 0.5) is 14.5 Å². The Labute approximate surface area is 173 Å². The highest BCUT2D eigenvalue weighted by Crippen LogP contribution is 2.41. The first-order valence-electron chi connectivity index (χ1n) is 9.05. The van der Waals surface area contributed by atoms with Gasteiger partial charge < -0.3 is 4.42 Å². The molecule has 3 aromatic carbocycles. The third-order valence-electron chi connectivity index (χ3n) is 5.10. The second kappa shape index (κ2) is 6.78. The van der Waals surface area contributed by atoms with E-state index in [0.29, 0.717) is 16.3 Å². The molecule has 1 amide bonds. The lowest BCUT2D eigenvalue weighted by molar-refractivity contribution is 0.0971. The van der Waals surface area contributed by atoms with Crippen LogP contribution in [0.25, 0.3) is 11.0 Å². The number of hydrogen-bond acceptors (Lipinski definition) is 3. The SMILES string of the molecule is O=C1c2oc3ccc(F)cc3c(=O)c2C(c2cccc(Cl)c2)N1c1ccc(F)cc1. The number of rotatable bonds is 2. The van der Waals surface area contributed by atoms with Gasteiger partial charge in [-0.15, -0.1) is 0 Å². The van der Waals surface area contributed by atoms with Crippen LogP contribution in [0.2, 0.25) is 5.02 Å². The third kappa shape index (κ3) is 2.80. The van der Waals surface area contributed by atoms with Gasteiger partial charge in [-0.3, -0.25) is 14.5 Å². The Bertz CT molecular complexity index is 1380. The van der Waals surface area contributed by atoms with E-state index in [9.17, 15) is 18.4 Å². The molecule has 0 bridgehead atoms. The van der Waals surface area contributed by atoms with Crippen LogP contribution in [-0.2, 0) is 0 Å². The van der Waals surface area contributed by atoms with E-state index in [1.807, 2.05) is 0 Å². The zero-order chi connectivity index (χ0) is 21.0. The molecule has 4 aromatic rings. The number of benzene rings is 3. The number of carbonyl (C=O) groups is 1. The smallest absolute Gasteiger partial charge is 0.295 e.